The van der Waals surface area contributed by atoms with Gasteiger partial charge in [-0.05, 0) is 72.8 Å². The van der Waals surface area contributed by atoms with Gasteiger partial charge in [-0.2, -0.15) is 30.0 Å². The van der Waals surface area contributed by atoms with E-state index in [-0.39, 0.29) is 24.7 Å². The van der Waals surface area contributed by atoms with E-state index >= 15 is 0 Å². The Morgan fingerprint density at radius 3 is 1.16 bits per heavy atom. The molecule has 45 heavy (non-hydrogen) atoms. The van der Waals surface area contributed by atoms with Crippen LogP contribution in [-0.4, -0.2) is 53.6 Å². The number of imide groups is 2. The van der Waals surface area contributed by atoms with Gasteiger partial charge in [0.15, 0.2) is 12.1 Å². The highest BCUT2D eigenvalue weighted by molar-refractivity contribution is 6.22. The number of aromatic nitrogens is 6. The maximum Gasteiger partial charge on any atom is 0.261 e. The van der Waals surface area contributed by atoms with Crippen molar-refractivity contribution in [2.45, 2.75) is 24.9 Å². The number of rotatable bonds is 6. The van der Waals surface area contributed by atoms with Crippen LogP contribution in [0.1, 0.15) is 24.9 Å². The Morgan fingerprint density at radius 1 is 0.489 bits per heavy atom. The van der Waals surface area contributed by atoms with Crippen molar-refractivity contribution in [1.29, 1.82) is 0 Å². The second-order valence-electron chi connectivity index (χ2n) is 10.7. The number of ether oxygens (including phenoxy) is 1. The minimum atomic E-state index is -0.820. The van der Waals surface area contributed by atoms with Gasteiger partial charge >= 0.3 is 0 Å². The van der Waals surface area contributed by atoms with E-state index in [9.17, 15) is 19.2 Å². The Bertz CT molecular complexity index is 1930. The molecule has 0 radical (unpaired) electrons. The molecular weight excluding hydrogens is 576 g/mol. The highest BCUT2D eigenvalue weighted by atomic mass is 16.5. The number of amides is 4. The first-order valence-corrected chi connectivity index (χ1v) is 14.2. The van der Waals surface area contributed by atoms with E-state index in [1.165, 1.54) is 9.59 Å². The van der Waals surface area contributed by atoms with Crippen LogP contribution < -0.4 is 14.5 Å². The van der Waals surface area contributed by atoms with Crippen LogP contribution in [0.2, 0.25) is 0 Å². The van der Waals surface area contributed by atoms with Gasteiger partial charge < -0.3 is 4.74 Å². The molecule has 2 saturated heterocycles. The van der Waals surface area contributed by atoms with Crippen LogP contribution in [0.5, 0.6) is 11.5 Å². The van der Waals surface area contributed by atoms with Gasteiger partial charge in [0, 0.05) is 0 Å². The van der Waals surface area contributed by atoms with Gasteiger partial charge in [0.25, 0.3) is 11.8 Å². The quantitative estimate of drug-likeness (QED) is 0.260. The van der Waals surface area contributed by atoms with Crippen molar-refractivity contribution in [2.75, 3.05) is 9.80 Å². The van der Waals surface area contributed by atoms with Crippen molar-refractivity contribution in [3.63, 3.8) is 0 Å². The summed E-state index contributed by atoms with van der Waals surface area (Å²) in [6.07, 6.45) is -0.0786. The van der Waals surface area contributed by atoms with Crippen molar-refractivity contribution in [1.82, 2.24) is 30.0 Å². The van der Waals surface area contributed by atoms with Gasteiger partial charge in [0.05, 0.1) is 24.2 Å². The second kappa shape index (κ2) is 10.2. The molecule has 6 aromatic rings. The van der Waals surface area contributed by atoms with E-state index < -0.39 is 23.9 Å². The summed E-state index contributed by atoms with van der Waals surface area (Å²) in [6, 6.07) is 26.0. The van der Waals surface area contributed by atoms with Crippen molar-refractivity contribution >= 4 is 57.1 Å². The zero-order chi connectivity index (χ0) is 30.7. The molecular formula is C32H22N8O5. The number of anilines is 2. The van der Waals surface area contributed by atoms with Crippen LogP contribution in [0, 0.1) is 0 Å². The molecule has 0 aliphatic carbocycles. The minimum Gasteiger partial charge on any atom is -0.457 e. The first kappa shape index (κ1) is 26.4. The maximum absolute atomic E-state index is 13.2. The zero-order valence-corrected chi connectivity index (χ0v) is 23.4. The number of carbonyl (C=O) groups excluding carboxylic acids is 4. The van der Waals surface area contributed by atoms with Crippen molar-refractivity contribution in [3.8, 4) is 11.5 Å². The SMILES string of the molecule is O=C1CC(n2nc3ccccc3n2)C(=O)N1c1ccc(Oc2ccc(N3C(=O)CC(n4nc5ccccc5n4)C3=O)cc2)cc1. The van der Waals surface area contributed by atoms with Gasteiger partial charge in [0.2, 0.25) is 11.8 Å². The summed E-state index contributed by atoms with van der Waals surface area (Å²) >= 11 is 0. The molecule has 8 rings (SSSR count). The van der Waals surface area contributed by atoms with Crippen LogP contribution in [0.25, 0.3) is 22.1 Å². The Labute approximate surface area is 254 Å². The Morgan fingerprint density at radius 2 is 0.822 bits per heavy atom. The predicted molar refractivity (Wildman–Crippen MR) is 160 cm³/mol. The number of hydrogen-bond acceptors (Lipinski definition) is 9. The Balaban J connectivity index is 0.946. The standard InChI is InChI=1S/C32H22N8O5/c41-29-17-27(39-33-23-5-1-2-6-24(23)34-39)31(43)37(29)19-9-13-21(14-10-19)45-22-15-11-20(12-16-22)38-30(42)18-28(32(38)44)40-35-25-7-3-4-8-26(25)36-40/h1-16,27-28H,17-18H2. The molecule has 2 atom stereocenters. The molecule has 2 aliphatic heterocycles. The average Bonchev–Trinajstić information content (AvgIpc) is 3.81. The number of carbonyl (C=O) groups is 4. The van der Waals surface area contributed by atoms with Crippen LogP contribution in [-0.2, 0) is 19.2 Å². The highest BCUT2D eigenvalue weighted by Crippen LogP contribution is 2.34. The van der Waals surface area contributed by atoms with Crippen molar-refractivity contribution in [2.24, 2.45) is 0 Å². The summed E-state index contributed by atoms with van der Waals surface area (Å²) in [5.41, 5.74) is 3.41. The largest absolute Gasteiger partial charge is 0.457 e. The second-order valence-corrected chi connectivity index (χ2v) is 10.7. The van der Waals surface area contributed by atoms with Crippen molar-refractivity contribution < 1.29 is 23.9 Å². The molecule has 13 nitrogen and oxygen atoms in total. The molecule has 0 spiro atoms. The fourth-order valence-corrected chi connectivity index (χ4v) is 5.63. The summed E-state index contributed by atoms with van der Waals surface area (Å²) < 4.78 is 5.94. The lowest BCUT2D eigenvalue weighted by Crippen LogP contribution is -2.31. The third-order valence-corrected chi connectivity index (χ3v) is 7.83. The average molecular weight is 599 g/mol. The van der Waals surface area contributed by atoms with E-state index in [0.717, 1.165) is 9.80 Å². The zero-order valence-electron chi connectivity index (χ0n) is 23.4. The fourth-order valence-electron chi connectivity index (χ4n) is 5.63. The summed E-state index contributed by atoms with van der Waals surface area (Å²) in [5.74, 6) is -0.579. The molecule has 4 heterocycles. The lowest BCUT2D eigenvalue weighted by molar-refractivity contribution is -0.123. The van der Waals surface area contributed by atoms with Gasteiger partial charge in [0.1, 0.15) is 33.6 Å². The fraction of sp³-hybridized carbons (Fsp3) is 0.125. The highest BCUT2D eigenvalue weighted by Gasteiger charge is 2.43. The molecule has 2 aromatic heterocycles. The molecule has 4 aromatic carbocycles. The van der Waals surface area contributed by atoms with E-state index in [1.807, 2.05) is 24.3 Å². The van der Waals surface area contributed by atoms with E-state index in [2.05, 4.69) is 20.4 Å². The number of fused-ring (bicyclic) bond motifs is 2. The van der Waals surface area contributed by atoms with E-state index in [1.54, 1.807) is 72.8 Å². The third kappa shape index (κ3) is 4.49. The van der Waals surface area contributed by atoms with E-state index in [0.29, 0.717) is 44.9 Å². The minimum absolute atomic E-state index is 0.0393. The molecule has 2 fully saturated rings. The maximum atomic E-state index is 13.2. The Hall–Kier alpha value is -6.24. The van der Waals surface area contributed by atoms with Gasteiger partial charge in [-0.15, -0.1) is 0 Å². The molecule has 0 N–H and O–H groups in total. The first-order chi connectivity index (χ1) is 21.9. The van der Waals surface area contributed by atoms with E-state index in [4.69, 9.17) is 4.74 Å². The van der Waals surface area contributed by atoms with Gasteiger partial charge in [-0.25, -0.2) is 9.80 Å². The number of hydrogen-bond donors (Lipinski definition) is 0. The molecule has 220 valence electrons. The van der Waals surface area contributed by atoms with Gasteiger partial charge in [-0.1, -0.05) is 24.3 Å². The monoisotopic (exact) mass is 598 g/mol. The normalized spacial score (nSPS) is 18.6. The molecule has 13 heteroatoms. The summed E-state index contributed by atoms with van der Waals surface area (Å²) in [5, 5.41) is 17.5. The topological polar surface area (TPSA) is 145 Å². The third-order valence-electron chi connectivity index (χ3n) is 7.83. The number of benzene rings is 4. The van der Waals surface area contributed by atoms with Gasteiger partial charge in [-0.3, -0.25) is 19.2 Å². The predicted octanol–water partition coefficient (Wildman–Crippen LogP) is 3.98. The van der Waals surface area contributed by atoms with Crippen LogP contribution in [0.4, 0.5) is 11.4 Å². The van der Waals surface area contributed by atoms with Crippen LogP contribution in [0.15, 0.2) is 97.1 Å². The summed E-state index contributed by atoms with van der Waals surface area (Å²) in [6.45, 7) is 0. The first-order valence-electron chi connectivity index (χ1n) is 14.2. The molecule has 2 aliphatic rings. The summed E-state index contributed by atoms with van der Waals surface area (Å²) in [7, 11) is 0. The molecule has 0 saturated carbocycles. The smallest absolute Gasteiger partial charge is 0.261 e. The lowest BCUT2D eigenvalue weighted by atomic mass is 10.2. The molecule has 4 amide bonds. The van der Waals surface area contributed by atoms with Crippen LogP contribution >= 0.6 is 0 Å². The summed E-state index contributed by atoms with van der Waals surface area (Å²) in [4.78, 5) is 57.0. The molecule has 2 unspecified atom stereocenters. The van der Waals surface area contributed by atoms with Crippen LogP contribution in [0.3, 0.4) is 0 Å². The Kier molecular flexibility index (Phi) is 5.98. The van der Waals surface area contributed by atoms with Crippen molar-refractivity contribution in [3.05, 3.63) is 97.1 Å². The number of nitrogens with zero attached hydrogens (tertiary/aromatic N) is 8. The molecule has 0 bridgehead atoms. The lowest BCUT2D eigenvalue weighted by Gasteiger charge is -2.16.